The molecule has 0 saturated heterocycles. The maximum absolute atomic E-state index is 2.38. The average molecular weight is 134 g/mol. The quantitative estimate of drug-likeness (QED) is 0.348. The third kappa shape index (κ3) is 1.12. The molecule has 0 aromatic heterocycles. The molecule has 1 saturated carbocycles. The minimum Gasteiger partial charge on any atom is -0.0851 e. The van der Waals surface area contributed by atoms with Crippen molar-refractivity contribution in [2.75, 3.05) is 0 Å². The van der Waals surface area contributed by atoms with Crippen molar-refractivity contribution >= 4 is 37.7 Å². The summed E-state index contributed by atoms with van der Waals surface area (Å²) in [5, 5.41) is 0. The molecule has 0 N–H and O–H groups in total. The van der Waals surface area contributed by atoms with E-state index in [1.165, 1.54) is 19.3 Å². The van der Waals surface area contributed by atoms with Gasteiger partial charge in [-0.1, -0.05) is 12.2 Å². The van der Waals surface area contributed by atoms with Crippen molar-refractivity contribution in [2.24, 2.45) is 11.8 Å². The number of hydrogen-bond donors (Lipinski definition) is 0. The zero-order chi connectivity index (χ0) is 4.69. The Balaban J connectivity index is 0.000000320. The zero-order valence-corrected chi connectivity index (χ0v) is 7.35. The Morgan fingerprint density at radius 2 is 1.50 bits per heavy atom. The van der Waals surface area contributed by atoms with Crippen molar-refractivity contribution in [2.45, 2.75) is 19.3 Å². The molecule has 2 radical (unpaired) electrons. The van der Waals surface area contributed by atoms with E-state index in [0.717, 1.165) is 11.8 Å². The Kier molecular flexibility index (Phi) is 2.42. The second kappa shape index (κ2) is 2.72. The Bertz CT molecular complexity index is 95.0. The van der Waals surface area contributed by atoms with Gasteiger partial charge in [-0.3, -0.25) is 0 Å². The van der Waals surface area contributed by atoms with Gasteiger partial charge in [0.2, 0.25) is 0 Å². The molecule has 0 heterocycles. The van der Waals surface area contributed by atoms with E-state index in [2.05, 4.69) is 12.2 Å². The van der Waals surface area contributed by atoms with Crippen molar-refractivity contribution in [1.82, 2.24) is 0 Å². The van der Waals surface area contributed by atoms with E-state index >= 15 is 0 Å². The Labute approximate surface area is 80.3 Å². The first-order valence-electron chi connectivity index (χ1n) is 3.13. The van der Waals surface area contributed by atoms with Crippen LogP contribution in [0.1, 0.15) is 19.3 Å². The van der Waals surface area contributed by atoms with Crippen LogP contribution < -0.4 is 0 Å². The fourth-order valence-corrected chi connectivity index (χ4v) is 1.72. The second-order valence-electron chi connectivity index (χ2n) is 2.72. The van der Waals surface area contributed by atoms with E-state index in [1.807, 2.05) is 0 Å². The van der Waals surface area contributed by atoms with Crippen LogP contribution in [0.4, 0.5) is 0 Å². The fraction of sp³-hybridized carbons (Fsp3) is 0.714. The largest absolute Gasteiger partial charge is 0.0851 e. The van der Waals surface area contributed by atoms with Gasteiger partial charge in [-0.05, 0) is 31.1 Å². The molecule has 0 aromatic carbocycles. The molecule has 2 rings (SSSR count). The molecular weight excluding hydrogens is 124 g/mol. The molecule has 0 amide bonds. The van der Waals surface area contributed by atoms with E-state index in [9.17, 15) is 0 Å². The van der Waals surface area contributed by atoms with E-state index in [-0.39, 0.29) is 37.7 Å². The van der Waals surface area contributed by atoms with Crippen LogP contribution in [0.3, 0.4) is 0 Å². The first-order valence-corrected chi connectivity index (χ1v) is 3.13. The van der Waals surface area contributed by atoms with E-state index in [4.69, 9.17) is 0 Å². The number of fused-ring (bicyclic) bond motifs is 2. The van der Waals surface area contributed by atoms with Crippen molar-refractivity contribution in [3.05, 3.63) is 12.2 Å². The van der Waals surface area contributed by atoms with Crippen LogP contribution in [0, 0.1) is 11.8 Å². The minimum absolute atomic E-state index is 0. The fourth-order valence-electron chi connectivity index (χ4n) is 1.72. The summed E-state index contributed by atoms with van der Waals surface area (Å²) in [6.07, 6.45) is 9.19. The molecule has 0 spiro atoms. The van der Waals surface area contributed by atoms with Crippen LogP contribution in [0.25, 0.3) is 0 Å². The van der Waals surface area contributed by atoms with Gasteiger partial charge in [0.05, 0.1) is 0 Å². The Morgan fingerprint density at radius 1 is 1.00 bits per heavy atom. The summed E-state index contributed by atoms with van der Waals surface area (Å²) in [4.78, 5) is 0. The predicted molar refractivity (Wildman–Crippen MR) is 35.7 cm³/mol. The molecule has 1 heteroatoms. The monoisotopic (exact) mass is 134 g/mol. The van der Waals surface area contributed by atoms with Gasteiger partial charge in [-0.2, -0.15) is 0 Å². The molecule has 2 aliphatic carbocycles. The van der Waals surface area contributed by atoms with E-state index in [0.29, 0.717) is 0 Å². The van der Waals surface area contributed by atoms with Crippen molar-refractivity contribution in [3.8, 4) is 0 Å². The molecule has 40 valence electrons. The molecule has 1 fully saturated rings. The molecule has 0 aliphatic heterocycles. The zero-order valence-electron chi connectivity index (χ0n) is 5.14. The molecular formula is C7H10Ca. The van der Waals surface area contributed by atoms with Gasteiger partial charge >= 0.3 is 0 Å². The molecule has 0 nitrogen and oxygen atoms in total. The molecule has 2 atom stereocenters. The molecule has 2 bridgehead atoms. The number of rotatable bonds is 0. The number of allylic oxidation sites excluding steroid dienone is 2. The Hall–Kier alpha value is 1.000. The van der Waals surface area contributed by atoms with E-state index in [1.54, 1.807) is 0 Å². The maximum Gasteiger partial charge on any atom is 0 e. The third-order valence-electron chi connectivity index (χ3n) is 2.17. The molecule has 2 unspecified atom stereocenters. The first kappa shape index (κ1) is 7.11. The van der Waals surface area contributed by atoms with Gasteiger partial charge in [0.15, 0.2) is 0 Å². The topological polar surface area (TPSA) is 0 Å². The SMILES string of the molecule is C1=CC2CCC1C2.[Ca]. The van der Waals surface area contributed by atoms with Crippen LogP contribution >= 0.6 is 0 Å². The molecule has 0 aromatic rings. The van der Waals surface area contributed by atoms with Crippen LogP contribution in [0.2, 0.25) is 0 Å². The standard InChI is InChI=1S/C7H10.Ca/c1-2-7-4-3-6(1)5-7;/h1-2,6-7H,3-5H2;. The maximum atomic E-state index is 2.38. The molecule has 2 aliphatic rings. The summed E-state index contributed by atoms with van der Waals surface area (Å²) in [7, 11) is 0. The van der Waals surface area contributed by atoms with Gasteiger partial charge in [0.1, 0.15) is 0 Å². The smallest absolute Gasteiger partial charge is 0 e. The van der Waals surface area contributed by atoms with Crippen LogP contribution in [-0.2, 0) is 0 Å². The average Bonchev–Trinajstić information content (AvgIpc) is 2.22. The number of hydrogen-bond acceptors (Lipinski definition) is 0. The minimum atomic E-state index is 0. The third-order valence-corrected chi connectivity index (χ3v) is 2.17. The van der Waals surface area contributed by atoms with Crippen molar-refractivity contribution in [1.29, 1.82) is 0 Å². The van der Waals surface area contributed by atoms with Crippen LogP contribution in [-0.4, -0.2) is 37.7 Å². The first-order chi connectivity index (χ1) is 3.45. The summed E-state index contributed by atoms with van der Waals surface area (Å²) in [5.41, 5.74) is 0. The summed E-state index contributed by atoms with van der Waals surface area (Å²) in [6, 6.07) is 0. The van der Waals surface area contributed by atoms with Crippen molar-refractivity contribution in [3.63, 3.8) is 0 Å². The summed E-state index contributed by atoms with van der Waals surface area (Å²) >= 11 is 0. The van der Waals surface area contributed by atoms with Gasteiger partial charge < -0.3 is 0 Å². The summed E-state index contributed by atoms with van der Waals surface area (Å²) in [5.74, 6) is 1.98. The summed E-state index contributed by atoms with van der Waals surface area (Å²) < 4.78 is 0. The van der Waals surface area contributed by atoms with Crippen molar-refractivity contribution < 1.29 is 0 Å². The second-order valence-corrected chi connectivity index (χ2v) is 2.72. The van der Waals surface area contributed by atoms with Crippen LogP contribution in [0.15, 0.2) is 12.2 Å². The van der Waals surface area contributed by atoms with E-state index < -0.39 is 0 Å². The van der Waals surface area contributed by atoms with Crippen LogP contribution in [0.5, 0.6) is 0 Å². The van der Waals surface area contributed by atoms with Gasteiger partial charge in [-0.25, -0.2) is 0 Å². The van der Waals surface area contributed by atoms with Gasteiger partial charge in [-0.15, -0.1) is 0 Å². The molecule has 8 heavy (non-hydrogen) atoms. The van der Waals surface area contributed by atoms with Gasteiger partial charge in [0, 0.05) is 37.7 Å². The summed E-state index contributed by atoms with van der Waals surface area (Å²) in [6.45, 7) is 0. The normalized spacial score (nSPS) is 40.0. The van der Waals surface area contributed by atoms with Gasteiger partial charge in [0.25, 0.3) is 0 Å². The predicted octanol–water partition coefficient (Wildman–Crippen LogP) is 1.59. The Morgan fingerprint density at radius 3 is 1.62 bits per heavy atom.